The van der Waals surface area contributed by atoms with Gasteiger partial charge in [-0.05, 0) is 34.4 Å². The molecule has 7 nitrogen and oxygen atoms in total. The van der Waals surface area contributed by atoms with E-state index < -0.39 is 18.3 Å². The number of ether oxygens (including phenoxy) is 1. The Kier molecular flexibility index (Phi) is 6.23. The van der Waals surface area contributed by atoms with Gasteiger partial charge in [0.2, 0.25) is 0 Å². The van der Waals surface area contributed by atoms with E-state index in [1.54, 1.807) is 0 Å². The SMILES string of the molecule is Nc1cc(Cl)cc(C(O)C(O)CNC(=O)OCC2c3ccccc3-c3ccccc32)c1O. The number of phenols is 1. The van der Waals surface area contributed by atoms with Crippen LogP contribution in [-0.2, 0) is 4.74 Å². The van der Waals surface area contributed by atoms with Gasteiger partial charge in [-0.25, -0.2) is 4.79 Å². The molecule has 166 valence electrons. The highest BCUT2D eigenvalue weighted by atomic mass is 35.5. The molecule has 32 heavy (non-hydrogen) atoms. The summed E-state index contributed by atoms with van der Waals surface area (Å²) in [5.41, 5.74) is 10.00. The smallest absolute Gasteiger partial charge is 0.407 e. The lowest BCUT2D eigenvalue weighted by molar-refractivity contribution is 0.0173. The quantitative estimate of drug-likeness (QED) is 0.286. The van der Waals surface area contributed by atoms with E-state index in [1.807, 2.05) is 48.5 Å². The number of carbonyl (C=O) groups excluding carboxylic acids is 1. The number of fused-ring (bicyclic) bond motifs is 3. The molecular weight excluding hydrogens is 432 g/mol. The van der Waals surface area contributed by atoms with Crippen LogP contribution in [0, 0.1) is 0 Å². The van der Waals surface area contributed by atoms with Gasteiger partial charge in [0.25, 0.3) is 0 Å². The summed E-state index contributed by atoms with van der Waals surface area (Å²) in [5.74, 6) is -0.461. The van der Waals surface area contributed by atoms with Crippen LogP contribution in [0.4, 0.5) is 10.5 Å². The van der Waals surface area contributed by atoms with Crippen molar-refractivity contribution in [2.75, 3.05) is 18.9 Å². The third kappa shape index (κ3) is 4.23. The number of benzene rings is 3. The Bertz CT molecular complexity index is 1110. The van der Waals surface area contributed by atoms with Gasteiger partial charge in [0.05, 0.1) is 5.69 Å². The summed E-state index contributed by atoms with van der Waals surface area (Å²) in [5, 5.41) is 33.2. The number of anilines is 1. The summed E-state index contributed by atoms with van der Waals surface area (Å²) >= 11 is 5.90. The highest BCUT2D eigenvalue weighted by Crippen LogP contribution is 2.44. The number of carbonyl (C=O) groups is 1. The summed E-state index contributed by atoms with van der Waals surface area (Å²) in [6.45, 7) is -0.173. The van der Waals surface area contributed by atoms with Crippen molar-refractivity contribution < 1.29 is 24.9 Å². The number of nitrogens with one attached hydrogen (secondary N) is 1. The number of alkyl carbamates (subject to hydrolysis) is 1. The van der Waals surface area contributed by atoms with E-state index in [4.69, 9.17) is 22.1 Å². The minimum absolute atomic E-state index is 0.0248. The van der Waals surface area contributed by atoms with Gasteiger partial charge >= 0.3 is 6.09 Å². The molecule has 4 rings (SSSR count). The van der Waals surface area contributed by atoms with Crippen LogP contribution in [0.15, 0.2) is 60.7 Å². The normalized spacial score (nSPS) is 14.3. The van der Waals surface area contributed by atoms with Crippen molar-refractivity contribution in [3.63, 3.8) is 0 Å². The van der Waals surface area contributed by atoms with Crippen LogP contribution in [0.5, 0.6) is 5.75 Å². The van der Waals surface area contributed by atoms with Crippen LogP contribution in [0.3, 0.4) is 0 Å². The average molecular weight is 455 g/mol. The average Bonchev–Trinajstić information content (AvgIpc) is 3.11. The number of aromatic hydroxyl groups is 1. The first kappa shape index (κ1) is 22.0. The predicted octanol–water partition coefficient (Wildman–Crippen LogP) is 3.56. The Labute approximate surface area is 190 Å². The molecule has 6 N–H and O–H groups in total. The maximum Gasteiger partial charge on any atom is 0.407 e. The summed E-state index contributed by atoms with van der Waals surface area (Å²) < 4.78 is 5.40. The number of amides is 1. The number of nitrogens with two attached hydrogens (primary N) is 1. The van der Waals surface area contributed by atoms with Gasteiger partial charge < -0.3 is 31.1 Å². The molecule has 0 radical (unpaired) electrons. The standard InChI is InChI=1S/C24H23ClN2O5/c25-13-9-18(22(29)20(26)10-13)23(30)21(28)11-27-24(31)32-12-19-16-7-3-1-5-14(16)15-6-2-4-8-17(15)19/h1-10,19,21,23,28-30H,11-12,26H2,(H,27,31). The zero-order chi connectivity index (χ0) is 22.8. The zero-order valence-corrected chi connectivity index (χ0v) is 17.8. The molecule has 0 aromatic heterocycles. The molecule has 0 fully saturated rings. The van der Waals surface area contributed by atoms with Crippen LogP contribution < -0.4 is 11.1 Å². The van der Waals surface area contributed by atoms with E-state index >= 15 is 0 Å². The first-order valence-electron chi connectivity index (χ1n) is 10.1. The van der Waals surface area contributed by atoms with Crippen molar-refractivity contribution in [3.8, 4) is 16.9 Å². The van der Waals surface area contributed by atoms with E-state index in [-0.39, 0.29) is 41.1 Å². The molecule has 1 aliphatic carbocycles. The first-order valence-corrected chi connectivity index (χ1v) is 10.5. The molecule has 1 aliphatic rings. The molecule has 2 atom stereocenters. The Morgan fingerprint density at radius 1 is 1.06 bits per heavy atom. The van der Waals surface area contributed by atoms with E-state index in [1.165, 1.54) is 12.1 Å². The second-order valence-electron chi connectivity index (χ2n) is 7.65. The Hall–Kier alpha value is -3.26. The molecular formula is C24H23ClN2O5. The minimum atomic E-state index is -1.51. The van der Waals surface area contributed by atoms with Gasteiger partial charge in [0.1, 0.15) is 24.6 Å². The molecule has 2 unspecified atom stereocenters. The van der Waals surface area contributed by atoms with E-state index in [9.17, 15) is 20.1 Å². The lowest BCUT2D eigenvalue weighted by atomic mass is 9.98. The molecule has 0 saturated heterocycles. The molecule has 3 aromatic rings. The molecule has 8 heteroatoms. The van der Waals surface area contributed by atoms with Crippen molar-refractivity contribution in [3.05, 3.63) is 82.4 Å². The highest BCUT2D eigenvalue weighted by Gasteiger charge is 2.29. The van der Waals surface area contributed by atoms with Crippen LogP contribution in [0.1, 0.15) is 28.7 Å². The number of halogens is 1. The number of hydrogen-bond acceptors (Lipinski definition) is 6. The molecule has 1 amide bonds. The maximum atomic E-state index is 12.2. The summed E-state index contributed by atoms with van der Waals surface area (Å²) in [4.78, 5) is 12.2. The van der Waals surface area contributed by atoms with Crippen molar-refractivity contribution in [2.45, 2.75) is 18.1 Å². The van der Waals surface area contributed by atoms with Gasteiger partial charge in [-0.1, -0.05) is 60.1 Å². The fourth-order valence-corrected chi connectivity index (χ4v) is 4.26. The second-order valence-corrected chi connectivity index (χ2v) is 8.09. The molecule has 0 saturated carbocycles. The number of aliphatic hydroxyl groups is 2. The van der Waals surface area contributed by atoms with Gasteiger partial charge in [0, 0.05) is 23.0 Å². The lowest BCUT2D eigenvalue weighted by Gasteiger charge is -2.21. The predicted molar refractivity (Wildman–Crippen MR) is 122 cm³/mol. The fraction of sp³-hybridized carbons (Fsp3) is 0.208. The highest BCUT2D eigenvalue weighted by molar-refractivity contribution is 6.31. The first-order chi connectivity index (χ1) is 15.4. The topological polar surface area (TPSA) is 125 Å². The minimum Gasteiger partial charge on any atom is -0.505 e. The van der Waals surface area contributed by atoms with Gasteiger partial charge in [-0.15, -0.1) is 0 Å². The number of nitrogen functional groups attached to an aromatic ring is 1. The monoisotopic (exact) mass is 454 g/mol. The van der Waals surface area contributed by atoms with Crippen molar-refractivity contribution >= 4 is 23.4 Å². The second kappa shape index (κ2) is 9.08. The third-order valence-corrected chi connectivity index (χ3v) is 5.83. The summed E-state index contributed by atoms with van der Waals surface area (Å²) in [6, 6.07) is 18.6. The van der Waals surface area contributed by atoms with Gasteiger partial charge in [0.15, 0.2) is 0 Å². The largest absolute Gasteiger partial charge is 0.505 e. The van der Waals surface area contributed by atoms with Crippen LogP contribution in [0.2, 0.25) is 5.02 Å². The fourth-order valence-electron chi connectivity index (χ4n) is 4.02. The number of phenolic OH excluding ortho intramolecular Hbond substituents is 1. The Morgan fingerprint density at radius 3 is 2.28 bits per heavy atom. The van der Waals surface area contributed by atoms with E-state index in [0.717, 1.165) is 22.3 Å². The molecule has 0 aliphatic heterocycles. The number of rotatable bonds is 6. The van der Waals surface area contributed by atoms with E-state index in [0.29, 0.717) is 0 Å². The summed E-state index contributed by atoms with van der Waals surface area (Å²) in [7, 11) is 0. The van der Waals surface area contributed by atoms with Gasteiger partial charge in [-0.3, -0.25) is 0 Å². The molecule has 0 heterocycles. The lowest BCUT2D eigenvalue weighted by Crippen LogP contribution is -2.36. The van der Waals surface area contributed by atoms with Gasteiger partial charge in [-0.2, -0.15) is 0 Å². The van der Waals surface area contributed by atoms with Crippen molar-refractivity contribution in [1.29, 1.82) is 0 Å². The van der Waals surface area contributed by atoms with Crippen molar-refractivity contribution in [2.24, 2.45) is 0 Å². The summed E-state index contributed by atoms with van der Waals surface area (Å²) in [6.07, 6.45) is -3.66. The van der Waals surface area contributed by atoms with Crippen molar-refractivity contribution in [1.82, 2.24) is 5.32 Å². The molecule has 3 aromatic carbocycles. The number of aliphatic hydroxyl groups excluding tert-OH is 2. The maximum absolute atomic E-state index is 12.2. The number of hydrogen-bond donors (Lipinski definition) is 5. The van der Waals surface area contributed by atoms with Crippen LogP contribution in [0.25, 0.3) is 11.1 Å². The third-order valence-electron chi connectivity index (χ3n) is 5.62. The van der Waals surface area contributed by atoms with Crippen LogP contribution in [-0.4, -0.2) is 40.7 Å². The molecule has 0 spiro atoms. The van der Waals surface area contributed by atoms with Crippen LogP contribution >= 0.6 is 11.6 Å². The Morgan fingerprint density at radius 2 is 1.66 bits per heavy atom. The molecule has 0 bridgehead atoms. The zero-order valence-electron chi connectivity index (χ0n) is 17.0. The Balaban J connectivity index is 1.36. The van der Waals surface area contributed by atoms with E-state index in [2.05, 4.69) is 5.32 Å².